The van der Waals surface area contributed by atoms with Gasteiger partial charge in [0, 0.05) is 5.41 Å². The van der Waals surface area contributed by atoms with Crippen LogP contribution in [-0.4, -0.2) is 31.2 Å². The van der Waals surface area contributed by atoms with Crippen molar-refractivity contribution in [3.05, 3.63) is 42.0 Å². The van der Waals surface area contributed by atoms with Crippen LogP contribution in [0.1, 0.15) is 18.9 Å². The van der Waals surface area contributed by atoms with E-state index >= 15 is 0 Å². The van der Waals surface area contributed by atoms with Crippen LogP contribution >= 0.6 is 0 Å². The Hall–Kier alpha value is -1.16. The van der Waals surface area contributed by atoms with E-state index in [9.17, 15) is 5.11 Å². The summed E-state index contributed by atoms with van der Waals surface area (Å²) in [4.78, 5) is 0. The fourth-order valence-corrected chi connectivity index (χ4v) is 1.88. The summed E-state index contributed by atoms with van der Waals surface area (Å²) in [7, 11) is 0. The molecule has 0 bridgehead atoms. The number of rotatable bonds is 4. The van der Waals surface area contributed by atoms with E-state index in [2.05, 4.69) is 0 Å². The fraction of sp³-hybridized carbons (Fsp3) is 0.467. The van der Waals surface area contributed by atoms with E-state index in [0.29, 0.717) is 13.2 Å². The summed E-state index contributed by atoms with van der Waals surface area (Å²) < 4.78 is 11.3. The normalized spacial score (nSPS) is 28.7. The molecule has 1 saturated heterocycles. The second-order valence-electron chi connectivity index (χ2n) is 4.77. The minimum atomic E-state index is -0.309. The van der Waals surface area contributed by atoms with Crippen molar-refractivity contribution in [2.45, 2.75) is 19.6 Å². The maximum Gasteiger partial charge on any atom is 0.177 e. The highest BCUT2D eigenvalue weighted by Gasteiger charge is 2.34. The van der Waals surface area contributed by atoms with Crippen LogP contribution in [0.2, 0.25) is 0 Å². The maximum absolute atomic E-state index is 9.36. The molecular formula is C15H20O3. The van der Waals surface area contributed by atoms with Gasteiger partial charge in [0.2, 0.25) is 0 Å². The number of ether oxygens (including phenoxy) is 2. The molecule has 0 aromatic heterocycles. The van der Waals surface area contributed by atoms with E-state index in [1.54, 1.807) is 0 Å². The molecule has 1 aliphatic rings. The first kappa shape index (κ1) is 13.3. The van der Waals surface area contributed by atoms with Crippen LogP contribution in [0.25, 0.3) is 6.08 Å². The second-order valence-corrected chi connectivity index (χ2v) is 4.77. The van der Waals surface area contributed by atoms with Crippen LogP contribution in [0.4, 0.5) is 0 Å². The van der Waals surface area contributed by atoms with Gasteiger partial charge in [-0.2, -0.15) is 0 Å². The van der Waals surface area contributed by atoms with E-state index < -0.39 is 0 Å². The molecule has 1 fully saturated rings. The van der Waals surface area contributed by atoms with Crippen LogP contribution in [0, 0.1) is 5.41 Å². The summed E-state index contributed by atoms with van der Waals surface area (Å²) in [6.45, 7) is 3.25. The van der Waals surface area contributed by atoms with Crippen molar-refractivity contribution in [1.82, 2.24) is 0 Å². The summed E-state index contributed by atoms with van der Waals surface area (Å²) in [5.41, 5.74) is 0.899. The van der Waals surface area contributed by atoms with Crippen molar-refractivity contribution in [3.8, 4) is 0 Å². The van der Waals surface area contributed by atoms with Gasteiger partial charge in [-0.1, -0.05) is 43.3 Å². The molecule has 1 aromatic rings. The number of aliphatic hydroxyl groups excluding tert-OH is 1. The van der Waals surface area contributed by atoms with Gasteiger partial charge in [-0.15, -0.1) is 0 Å². The molecule has 0 radical (unpaired) electrons. The molecule has 0 unspecified atom stereocenters. The van der Waals surface area contributed by atoms with Gasteiger partial charge >= 0.3 is 0 Å². The molecule has 1 N–H and O–H groups in total. The van der Waals surface area contributed by atoms with Crippen molar-refractivity contribution >= 4 is 6.08 Å². The second kappa shape index (κ2) is 6.14. The number of aliphatic hydroxyl groups is 1. The predicted molar refractivity (Wildman–Crippen MR) is 71.0 cm³/mol. The highest BCUT2D eigenvalue weighted by atomic mass is 16.7. The topological polar surface area (TPSA) is 38.7 Å². The van der Waals surface area contributed by atoms with Crippen molar-refractivity contribution < 1.29 is 14.6 Å². The van der Waals surface area contributed by atoms with Gasteiger partial charge < -0.3 is 14.6 Å². The molecule has 1 aliphatic heterocycles. The molecule has 2 rings (SSSR count). The molecule has 0 atom stereocenters. The highest BCUT2D eigenvalue weighted by molar-refractivity contribution is 5.48. The quantitative estimate of drug-likeness (QED) is 0.889. The van der Waals surface area contributed by atoms with Crippen molar-refractivity contribution in [2.75, 3.05) is 19.8 Å². The largest absolute Gasteiger partial charge is 0.396 e. The Balaban J connectivity index is 1.89. The van der Waals surface area contributed by atoms with Gasteiger partial charge in [0.15, 0.2) is 6.29 Å². The zero-order valence-electron chi connectivity index (χ0n) is 10.7. The Labute approximate surface area is 108 Å². The lowest BCUT2D eigenvalue weighted by atomic mass is 9.87. The van der Waals surface area contributed by atoms with Crippen LogP contribution in [0.3, 0.4) is 0 Å². The average Bonchev–Trinajstić information content (AvgIpc) is 2.47. The maximum atomic E-state index is 9.36. The zero-order chi connectivity index (χ0) is 12.8. The van der Waals surface area contributed by atoms with E-state index in [4.69, 9.17) is 9.47 Å². The molecule has 0 spiro atoms. The average molecular weight is 248 g/mol. The molecule has 1 aromatic carbocycles. The third-order valence-electron chi connectivity index (χ3n) is 3.44. The number of hydrogen-bond acceptors (Lipinski definition) is 3. The van der Waals surface area contributed by atoms with Crippen LogP contribution < -0.4 is 0 Å². The molecule has 0 aliphatic carbocycles. The summed E-state index contributed by atoms with van der Waals surface area (Å²) >= 11 is 0. The minimum absolute atomic E-state index is 0.110. The first-order chi connectivity index (χ1) is 8.78. The molecular weight excluding hydrogens is 228 g/mol. The molecule has 0 saturated carbocycles. The molecule has 3 nitrogen and oxygen atoms in total. The molecule has 3 heteroatoms. The Morgan fingerprint density at radius 1 is 1.28 bits per heavy atom. The van der Waals surface area contributed by atoms with E-state index in [1.807, 2.05) is 49.4 Å². The fourth-order valence-electron chi connectivity index (χ4n) is 1.88. The first-order valence-corrected chi connectivity index (χ1v) is 6.35. The zero-order valence-corrected chi connectivity index (χ0v) is 10.7. The lowest BCUT2D eigenvalue weighted by Crippen LogP contribution is -2.43. The van der Waals surface area contributed by atoms with E-state index in [0.717, 1.165) is 12.0 Å². The van der Waals surface area contributed by atoms with Crippen LogP contribution in [-0.2, 0) is 9.47 Å². The Kier molecular flexibility index (Phi) is 4.53. The molecule has 1 heterocycles. The molecule has 0 amide bonds. The van der Waals surface area contributed by atoms with Gasteiger partial charge in [-0.05, 0) is 18.1 Å². The SMILES string of the molecule is CCC1(CO)COC(/C=C/c2ccccc2)OC1. The number of hydrogen-bond donors (Lipinski definition) is 1. The van der Waals surface area contributed by atoms with Gasteiger partial charge in [0.1, 0.15) is 0 Å². The van der Waals surface area contributed by atoms with Crippen molar-refractivity contribution in [1.29, 1.82) is 0 Å². The first-order valence-electron chi connectivity index (χ1n) is 6.35. The molecule has 98 valence electrons. The van der Waals surface area contributed by atoms with Gasteiger partial charge in [0.25, 0.3) is 0 Å². The monoisotopic (exact) mass is 248 g/mol. The third kappa shape index (κ3) is 3.19. The Morgan fingerprint density at radius 3 is 2.50 bits per heavy atom. The third-order valence-corrected chi connectivity index (χ3v) is 3.44. The van der Waals surface area contributed by atoms with Gasteiger partial charge in [0.05, 0.1) is 19.8 Å². The molecule has 18 heavy (non-hydrogen) atoms. The van der Waals surface area contributed by atoms with Gasteiger partial charge in [-0.25, -0.2) is 0 Å². The summed E-state index contributed by atoms with van der Waals surface area (Å²) in [6, 6.07) is 10.0. The van der Waals surface area contributed by atoms with E-state index in [1.165, 1.54) is 0 Å². The lowest BCUT2D eigenvalue weighted by Gasteiger charge is -2.37. The minimum Gasteiger partial charge on any atom is -0.396 e. The lowest BCUT2D eigenvalue weighted by molar-refractivity contribution is -0.215. The Bertz CT molecular complexity index is 372. The number of benzene rings is 1. The van der Waals surface area contributed by atoms with Crippen molar-refractivity contribution in [2.24, 2.45) is 5.41 Å². The van der Waals surface area contributed by atoms with Gasteiger partial charge in [-0.3, -0.25) is 0 Å². The van der Waals surface area contributed by atoms with Crippen LogP contribution in [0.5, 0.6) is 0 Å². The standard InChI is InChI=1S/C15H20O3/c1-2-15(10-16)11-17-14(18-12-15)9-8-13-6-4-3-5-7-13/h3-9,14,16H,2,10-12H2,1H3/b9-8+. The van der Waals surface area contributed by atoms with E-state index in [-0.39, 0.29) is 18.3 Å². The summed E-state index contributed by atoms with van der Waals surface area (Å²) in [6.07, 6.45) is 4.45. The smallest absolute Gasteiger partial charge is 0.177 e. The van der Waals surface area contributed by atoms with Crippen LogP contribution in [0.15, 0.2) is 36.4 Å². The highest BCUT2D eigenvalue weighted by Crippen LogP contribution is 2.28. The summed E-state index contributed by atoms with van der Waals surface area (Å²) in [5.74, 6) is 0. The summed E-state index contributed by atoms with van der Waals surface area (Å²) in [5, 5.41) is 9.36. The van der Waals surface area contributed by atoms with Crippen molar-refractivity contribution in [3.63, 3.8) is 0 Å². The predicted octanol–water partition coefficient (Wildman–Crippen LogP) is 2.46. The Morgan fingerprint density at radius 2 is 1.94 bits per heavy atom.